The van der Waals surface area contributed by atoms with Crippen LogP contribution in [0.5, 0.6) is 0 Å². The van der Waals surface area contributed by atoms with E-state index >= 15 is 0 Å². The van der Waals surface area contributed by atoms with Gasteiger partial charge in [-0.05, 0) is 17.5 Å². The van der Waals surface area contributed by atoms with Crippen molar-refractivity contribution in [3.63, 3.8) is 0 Å². The number of ketones is 1. The van der Waals surface area contributed by atoms with Gasteiger partial charge in [0.2, 0.25) is 0 Å². The predicted molar refractivity (Wildman–Crippen MR) is 139 cm³/mol. The van der Waals surface area contributed by atoms with Crippen LogP contribution >= 0.6 is 23.5 Å². The van der Waals surface area contributed by atoms with Crippen LogP contribution < -0.4 is 0 Å². The Morgan fingerprint density at radius 1 is 1.03 bits per heavy atom. The normalized spacial score (nSPS) is 21.4. The first-order valence-corrected chi connectivity index (χ1v) is 13.9. The fourth-order valence-electron chi connectivity index (χ4n) is 4.36. The summed E-state index contributed by atoms with van der Waals surface area (Å²) in [6, 6.07) is 19.3. The zero-order valence-electron chi connectivity index (χ0n) is 19.3. The molecule has 5 nitrogen and oxygen atoms in total. The number of benzene rings is 2. The van der Waals surface area contributed by atoms with Gasteiger partial charge in [0, 0.05) is 49.7 Å². The zero-order chi connectivity index (χ0) is 23.8. The maximum atomic E-state index is 13.0. The van der Waals surface area contributed by atoms with Gasteiger partial charge < -0.3 is 14.7 Å². The van der Waals surface area contributed by atoms with E-state index in [1.807, 2.05) is 72.4 Å². The van der Waals surface area contributed by atoms with Crippen LogP contribution in [0, 0.1) is 0 Å². The van der Waals surface area contributed by atoms with Crippen LogP contribution in [0.2, 0.25) is 0 Å². The largest absolute Gasteiger partial charge is 0.511 e. The Labute approximate surface area is 209 Å². The summed E-state index contributed by atoms with van der Waals surface area (Å²) in [4.78, 5) is 28.4. The minimum Gasteiger partial charge on any atom is -0.511 e. The number of cyclic esters (lactones) is 1. The Hall–Kier alpha value is -2.22. The van der Waals surface area contributed by atoms with Gasteiger partial charge in [0.1, 0.15) is 22.0 Å². The van der Waals surface area contributed by atoms with E-state index in [0.717, 1.165) is 42.3 Å². The van der Waals surface area contributed by atoms with Crippen LogP contribution in [-0.4, -0.2) is 52.9 Å². The van der Waals surface area contributed by atoms with Crippen molar-refractivity contribution in [2.45, 2.75) is 37.0 Å². The van der Waals surface area contributed by atoms with Gasteiger partial charge in [-0.3, -0.25) is 4.79 Å². The van der Waals surface area contributed by atoms with Crippen molar-refractivity contribution >= 4 is 35.3 Å². The molecule has 0 saturated carbocycles. The van der Waals surface area contributed by atoms with Crippen molar-refractivity contribution in [1.82, 2.24) is 4.90 Å². The van der Waals surface area contributed by atoms with Gasteiger partial charge >= 0.3 is 5.97 Å². The Balaban J connectivity index is 1.44. The summed E-state index contributed by atoms with van der Waals surface area (Å²) in [5.41, 5.74) is 0.845. The van der Waals surface area contributed by atoms with Crippen molar-refractivity contribution < 1.29 is 19.4 Å². The minimum atomic E-state index is -1.03. The molecule has 2 aromatic carbocycles. The van der Waals surface area contributed by atoms with Crippen LogP contribution in [0.3, 0.4) is 0 Å². The van der Waals surface area contributed by atoms with Crippen molar-refractivity contribution in [2.24, 2.45) is 0 Å². The number of Topliss-reactive ketones (excluding diaryl/α,β-unsaturated/α-hetero) is 1. The molecule has 4 rings (SSSR count). The maximum Gasteiger partial charge on any atom is 0.348 e. The highest BCUT2D eigenvalue weighted by Gasteiger charge is 2.43. The minimum absolute atomic E-state index is 0.0410. The molecule has 0 aliphatic carbocycles. The second kappa shape index (κ2) is 12.0. The van der Waals surface area contributed by atoms with Gasteiger partial charge in [-0.1, -0.05) is 60.7 Å². The number of aliphatic hydroxyl groups is 1. The van der Waals surface area contributed by atoms with Crippen molar-refractivity contribution in [1.29, 1.82) is 0 Å². The van der Waals surface area contributed by atoms with E-state index in [0.29, 0.717) is 25.0 Å². The van der Waals surface area contributed by atoms with E-state index in [9.17, 15) is 14.7 Å². The first-order valence-electron chi connectivity index (χ1n) is 11.8. The fourth-order valence-corrected chi connectivity index (χ4v) is 6.24. The third kappa shape index (κ3) is 6.46. The van der Waals surface area contributed by atoms with Gasteiger partial charge in [0.15, 0.2) is 0 Å². The summed E-state index contributed by atoms with van der Waals surface area (Å²) < 4.78 is 6.03. The number of hydrogen-bond donors (Lipinski definition) is 1. The number of rotatable bonds is 10. The molecule has 1 unspecified atom stereocenters. The van der Waals surface area contributed by atoms with Gasteiger partial charge in [-0.2, -0.15) is 11.8 Å². The van der Waals surface area contributed by atoms with E-state index in [2.05, 4.69) is 4.90 Å². The van der Waals surface area contributed by atoms with Crippen LogP contribution in [0.1, 0.15) is 36.8 Å². The van der Waals surface area contributed by atoms with Crippen molar-refractivity contribution in [3.8, 4) is 0 Å². The van der Waals surface area contributed by atoms with Crippen molar-refractivity contribution in [2.75, 3.05) is 31.1 Å². The van der Waals surface area contributed by atoms with Gasteiger partial charge in [-0.25, -0.2) is 4.79 Å². The summed E-state index contributed by atoms with van der Waals surface area (Å²) >= 11 is 3.25. The average Bonchev–Trinajstić information content (AvgIpc) is 2.87. The summed E-state index contributed by atoms with van der Waals surface area (Å²) in [7, 11) is 0. The van der Waals surface area contributed by atoms with Crippen LogP contribution in [0.15, 0.2) is 71.3 Å². The maximum absolute atomic E-state index is 13.0. The first-order chi connectivity index (χ1) is 16.6. The molecule has 2 aliphatic heterocycles. The number of carbonyl (C=O) groups excluding carboxylic acids is 2. The number of nitrogens with zero attached hydrogens (tertiary/aromatic N) is 1. The topological polar surface area (TPSA) is 66.8 Å². The van der Waals surface area contributed by atoms with E-state index in [-0.39, 0.29) is 22.9 Å². The molecule has 0 amide bonds. The molecule has 180 valence electrons. The molecule has 0 aromatic heterocycles. The second-order valence-electron chi connectivity index (χ2n) is 8.72. The average molecular weight is 498 g/mol. The molecule has 1 atom stereocenters. The first kappa shape index (κ1) is 24.9. The lowest BCUT2D eigenvalue weighted by Gasteiger charge is -2.37. The Morgan fingerprint density at radius 2 is 1.71 bits per heavy atom. The van der Waals surface area contributed by atoms with E-state index in [1.165, 1.54) is 11.8 Å². The molecule has 0 radical (unpaired) electrons. The van der Waals surface area contributed by atoms with Gasteiger partial charge in [-0.15, -0.1) is 11.8 Å². The highest BCUT2D eigenvalue weighted by atomic mass is 32.2. The predicted octanol–water partition coefficient (Wildman–Crippen LogP) is 5.32. The quantitative estimate of drug-likeness (QED) is 0.446. The fraction of sp³-hybridized carbons (Fsp3) is 0.407. The molecule has 1 saturated heterocycles. The van der Waals surface area contributed by atoms with Crippen LogP contribution in [-0.2, 0) is 25.7 Å². The summed E-state index contributed by atoms with van der Waals surface area (Å²) in [5.74, 6) is 2.50. The lowest BCUT2D eigenvalue weighted by atomic mass is 9.83. The zero-order valence-corrected chi connectivity index (χ0v) is 20.9. The SMILES string of the molecule is O=C(CCN1CCSCC1)CCC1(c2ccccc2)CC(O)=C(SCc2ccccc2)C(=O)O1. The van der Waals surface area contributed by atoms with Crippen LogP contribution in [0.25, 0.3) is 0 Å². The summed E-state index contributed by atoms with van der Waals surface area (Å²) in [6.45, 7) is 2.85. The van der Waals surface area contributed by atoms with E-state index in [4.69, 9.17) is 4.74 Å². The molecular weight excluding hydrogens is 466 g/mol. The molecular formula is C27H31NO4S2. The number of hydrogen-bond acceptors (Lipinski definition) is 7. The smallest absolute Gasteiger partial charge is 0.348 e. The third-order valence-corrected chi connectivity index (χ3v) is 8.44. The van der Waals surface area contributed by atoms with Crippen molar-refractivity contribution in [3.05, 3.63) is 82.5 Å². The molecule has 34 heavy (non-hydrogen) atoms. The van der Waals surface area contributed by atoms with Crippen LogP contribution in [0.4, 0.5) is 0 Å². The summed E-state index contributed by atoms with van der Waals surface area (Å²) in [6.07, 6.45) is 1.35. The van der Waals surface area contributed by atoms with Gasteiger partial charge in [0.25, 0.3) is 0 Å². The molecule has 1 N–H and O–H groups in total. The molecule has 2 aromatic rings. The molecule has 2 aliphatic rings. The monoisotopic (exact) mass is 497 g/mol. The molecule has 2 heterocycles. The lowest BCUT2D eigenvalue weighted by Crippen LogP contribution is -2.38. The third-order valence-electron chi connectivity index (χ3n) is 6.33. The summed E-state index contributed by atoms with van der Waals surface area (Å²) in [5, 5.41) is 10.9. The lowest BCUT2D eigenvalue weighted by molar-refractivity contribution is -0.161. The number of thioether (sulfide) groups is 2. The Kier molecular flexibility index (Phi) is 8.75. The number of carbonyl (C=O) groups is 2. The second-order valence-corrected chi connectivity index (χ2v) is 10.9. The highest BCUT2D eigenvalue weighted by molar-refractivity contribution is 8.03. The van der Waals surface area contributed by atoms with E-state index in [1.54, 1.807) is 0 Å². The molecule has 1 fully saturated rings. The highest BCUT2D eigenvalue weighted by Crippen LogP contribution is 2.44. The molecule has 0 bridgehead atoms. The Morgan fingerprint density at radius 3 is 2.38 bits per heavy atom. The molecule has 0 spiro atoms. The van der Waals surface area contributed by atoms with E-state index < -0.39 is 11.6 Å². The number of ether oxygens (including phenoxy) is 1. The van der Waals surface area contributed by atoms with Gasteiger partial charge in [0.05, 0.1) is 6.42 Å². The number of esters is 1. The molecule has 7 heteroatoms. The standard InChI is InChI=1S/C27H31NO4S2/c29-23(12-14-28-15-17-33-18-16-28)11-13-27(22-9-5-2-6-10-22)19-24(30)25(26(31)32-27)34-20-21-7-3-1-4-8-21/h1-10,30H,11-20H2. The number of aliphatic hydroxyl groups excluding tert-OH is 1. The Bertz CT molecular complexity index is 1010.